The van der Waals surface area contributed by atoms with Crippen LogP contribution in [-0.2, 0) is 19.9 Å². The SMILES string of the molecule is CCc1cc(CC(N)COc2ccccc2)n(C)n1. The Hall–Kier alpha value is -1.81. The third-order valence-electron chi connectivity index (χ3n) is 3.07. The normalized spacial score (nSPS) is 12.4. The van der Waals surface area contributed by atoms with Crippen molar-refractivity contribution in [2.24, 2.45) is 12.8 Å². The van der Waals surface area contributed by atoms with Gasteiger partial charge in [-0.15, -0.1) is 0 Å². The fraction of sp³-hybridized carbons (Fsp3) is 0.400. The molecule has 0 radical (unpaired) electrons. The highest BCUT2D eigenvalue weighted by molar-refractivity contribution is 5.21. The number of nitrogens with zero attached hydrogens (tertiary/aromatic N) is 2. The van der Waals surface area contributed by atoms with Crippen molar-refractivity contribution in [3.63, 3.8) is 0 Å². The predicted molar refractivity (Wildman–Crippen MR) is 76.2 cm³/mol. The van der Waals surface area contributed by atoms with Crippen LogP contribution in [0.2, 0.25) is 0 Å². The molecule has 1 unspecified atom stereocenters. The van der Waals surface area contributed by atoms with Crippen LogP contribution in [-0.4, -0.2) is 22.4 Å². The second-order valence-corrected chi connectivity index (χ2v) is 4.69. The number of benzene rings is 1. The average Bonchev–Trinajstić information content (AvgIpc) is 2.78. The lowest BCUT2D eigenvalue weighted by Crippen LogP contribution is -2.30. The first kappa shape index (κ1) is 13.6. The zero-order chi connectivity index (χ0) is 13.7. The van der Waals surface area contributed by atoms with E-state index in [1.54, 1.807) is 0 Å². The third-order valence-corrected chi connectivity index (χ3v) is 3.07. The lowest BCUT2D eigenvalue weighted by atomic mass is 10.1. The number of nitrogens with two attached hydrogens (primary N) is 1. The highest BCUT2D eigenvalue weighted by Crippen LogP contribution is 2.10. The van der Waals surface area contributed by atoms with Crippen LogP contribution in [0.25, 0.3) is 0 Å². The fourth-order valence-electron chi connectivity index (χ4n) is 1.98. The number of para-hydroxylation sites is 1. The average molecular weight is 259 g/mol. The van der Waals surface area contributed by atoms with Crippen molar-refractivity contribution in [2.75, 3.05) is 6.61 Å². The van der Waals surface area contributed by atoms with E-state index in [9.17, 15) is 0 Å². The first-order valence-corrected chi connectivity index (χ1v) is 6.64. The minimum absolute atomic E-state index is 0.0275. The summed E-state index contributed by atoms with van der Waals surface area (Å²) in [6.07, 6.45) is 1.72. The lowest BCUT2D eigenvalue weighted by Gasteiger charge is -2.13. The van der Waals surface area contributed by atoms with E-state index in [0.717, 1.165) is 30.0 Å². The molecule has 0 aliphatic heterocycles. The van der Waals surface area contributed by atoms with Gasteiger partial charge in [-0.1, -0.05) is 25.1 Å². The molecule has 0 saturated heterocycles. The highest BCUT2D eigenvalue weighted by Gasteiger charge is 2.10. The van der Waals surface area contributed by atoms with Gasteiger partial charge in [0.05, 0.1) is 5.69 Å². The van der Waals surface area contributed by atoms with Gasteiger partial charge in [-0.05, 0) is 24.6 Å². The Bertz CT molecular complexity index is 507. The molecule has 0 spiro atoms. The topological polar surface area (TPSA) is 53.1 Å². The van der Waals surface area contributed by atoms with E-state index in [1.165, 1.54) is 0 Å². The van der Waals surface area contributed by atoms with Crippen LogP contribution in [0.4, 0.5) is 0 Å². The van der Waals surface area contributed by atoms with Crippen LogP contribution in [0.15, 0.2) is 36.4 Å². The largest absolute Gasteiger partial charge is 0.492 e. The number of hydrogen-bond acceptors (Lipinski definition) is 3. The Morgan fingerprint density at radius 2 is 2.05 bits per heavy atom. The van der Waals surface area contributed by atoms with Gasteiger partial charge >= 0.3 is 0 Å². The summed E-state index contributed by atoms with van der Waals surface area (Å²) < 4.78 is 7.56. The number of ether oxygens (including phenoxy) is 1. The van der Waals surface area contributed by atoms with Crippen molar-refractivity contribution in [1.29, 1.82) is 0 Å². The van der Waals surface area contributed by atoms with Gasteiger partial charge in [0.15, 0.2) is 0 Å². The van der Waals surface area contributed by atoms with Crippen molar-refractivity contribution in [1.82, 2.24) is 9.78 Å². The Morgan fingerprint density at radius 1 is 1.32 bits per heavy atom. The van der Waals surface area contributed by atoms with Gasteiger partial charge in [0, 0.05) is 25.2 Å². The summed E-state index contributed by atoms with van der Waals surface area (Å²) in [5.74, 6) is 0.859. The number of rotatable bonds is 6. The maximum absolute atomic E-state index is 6.11. The molecule has 1 aromatic heterocycles. The van der Waals surface area contributed by atoms with E-state index < -0.39 is 0 Å². The molecule has 2 aromatic rings. The minimum atomic E-state index is -0.0275. The first-order valence-electron chi connectivity index (χ1n) is 6.64. The second kappa shape index (κ2) is 6.38. The molecule has 2 N–H and O–H groups in total. The molecule has 0 fully saturated rings. The van der Waals surface area contributed by atoms with E-state index in [-0.39, 0.29) is 6.04 Å². The summed E-state index contributed by atoms with van der Waals surface area (Å²) in [5.41, 5.74) is 8.37. The second-order valence-electron chi connectivity index (χ2n) is 4.69. The molecule has 0 amide bonds. The quantitative estimate of drug-likeness (QED) is 0.862. The van der Waals surface area contributed by atoms with E-state index in [0.29, 0.717) is 6.61 Å². The van der Waals surface area contributed by atoms with Crippen LogP contribution in [0.5, 0.6) is 5.75 Å². The molecule has 0 bridgehead atoms. The lowest BCUT2D eigenvalue weighted by molar-refractivity contribution is 0.286. The highest BCUT2D eigenvalue weighted by atomic mass is 16.5. The molecule has 1 aromatic carbocycles. The molecule has 0 aliphatic rings. The zero-order valence-corrected chi connectivity index (χ0v) is 11.5. The molecule has 1 heterocycles. The standard InChI is InChI=1S/C15H21N3O/c1-3-13-10-14(18(2)17-13)9-12(16)11-19-15-7-5-4-6-8-15/h4-8,10,12H,3,9,11,16H2,1-2H3. The van der Waals surface area contributed by atoms with Crippen molar-refractivity contribution in [3.05, 3.63) is 47.8 Å². The van der Waals surface area contributed by atoms with Crippen LogP contribution in [0.1, 0.15) is 18.3 Å². The monoisotopic (exact) mass is 259 g/mol. The fourth-order valence-corrected chi connectivity index (χ4v) is 1.98. The zero-order valence-electron chi connectivity index (χ0n) is 11.5. The molecule has 2 rings (SSSR count). The first-order chi connectivity index (χ1) is 9.19. The summed E-state index contributed by atoms with van der Waals surface area (Å²) in [4.78, 5) is 0. The van der Waals surface area contributed by atoms with Crippen LogP contribution in [0.3, 0.4) is 0 Å². The van der Waals surface area contributed by atoms with E-state index in [2.05, 4.69) is 18.1 Å². The number of hydrogen-bond donors (Lipinski definition) is 1. The Labute approximate surface area is 114 Å². The summed E-state index contributed by atoms with van der Waals surface area (Å²) >= 11 is 0. The maximum atomic E-state index is 6.11. The molecule has 0 aliphatic carbocycles. The van der Waals surface area contributed by atoms with Gasteiger partial charge in [0.25, 0.3) is 0 Å². The van der Waals surface area contributed by atoms with Crippen LogP contribution >= 0.6 is 0 Å². The molecule has 4 nitrogen and oxygen atoms in total. The van der Waals surface area contributed by atoms with E-state index in [1.807, 2.05) is 42.1 Å². The van der Waals surface area contributed by atoms with Gasteiger partial charge in [0.1, 0.15) is 12.4 Å². The molecular formula is C15H21N3O. The van der Waals surface area contributed by atoms with Crippen molar-refractivity contribution < 1.29 is 4.74 Å². The van der Waals surface area contributed by atoms with Gasteiger partial charge in [-0.3, -0.25) is 4.68 Å². The van der Waals surface area contributed by atoms with Crippen molar-refractivity contribution >= 4 is 0 Å². The Balaban J connectivity index is 1.87. The maximum Gasteiger partial charge on any atom is 0.119 e. The van der Waals surface area contributed by atoms with Gasteiger partial charge in [0.2, 0.25) is 0 Å². The summed E-state index contributed by atoms with van der Waals surface area (Å²) in [6, 6.07) is 11.8. The van der Waals surface area contributed by atoms with Crippen LogP contribution < -0.4 is 10.5 Å². The van der Waals surface area contributed by atoms with Crippen molar-refractivity contribution in [3.8, 4) is 5.75 Å². The summed E-state index contributed by atoms with van der Waals surface area (Å²) in [7, 11) is 1.96. The van der Waals surface area contributed by atoms with E-state index >= 15 is 0 Å². The van der Waals surface area contributed by atoms with Crippen LogP contribution in [0, 0.1) is 0 Å². The van der Waals surface area contributed by atoms with Gasteiger partial charge in [-0.2, -0.15) is 5.10 Å². The third kappa shape index (κ3) is 3.83. The predicted octanol–water partition coefficient (Wildman–Crippen LogP) is 1.93. The molecule has 19 heavy (non-hydrogen) atoms. The van der Waals surface area contributed by atoms with Crippen molar-refractivity contribution in [2.45, 2.75) is 25.8 Å². The Morgan fingerprint density at radius 3 is 2.68 bits per heavy atom. The molecule has 102 valence electrons. The Kier molecular flexibility index (Phi) is 4.58. The summed E-state index contributed by atoms with van der Waals surface area (Å²) in [6.45, 7) is 2.61. The molecular weight excluding hydrogens is 238 g/mol. The van der Waals surface area contributed by atoms with E-state index in [4.69, 9.17) is 10.5 Å². The summed E-state index contributed by atoms with van der Waals surface area (Å²) in [5, 5.41) is 4.42. The molecule has 1 atom stereocenters. The van der Waals surface area contributed by atoms with Gasteiger partial charge in [-0.25, -0.2) is 0 Å². The van der Waals surface area contributed by atoms with Gasteiger partial charge < -0.3 is 10.5 Å². The molecule has 4 heteroatoms. The smallest absolute Gasteiger partial charge is 0.119 e. The number of aryl methyl sites for hydroxylation is 2. The minimum Gasteiger partial charge on any atom is -0.492 e. The number of aromatic nitrogens is 2. The molecule has 0 saturated carbocycles.